The predicted molar refractivity (Wildman–Crippen MR) is 37.9 cm³/mol. The van der Waals surface area contributed by atoms with Crippen LogP contribution in [0.25, 0.3) is 0 Å². The molecule has 76 valence electrons. The van der Waals surface area contributed by atoms with Crippen molar-refractivity contribution >= 4 is 5.69 Å². The first-order valence-corrected chi connectivity index (χ1v) is 4.44. The van der Waals surface area contributed by atoms with Gasteiger partial charge in [-0.3, -0.25) is 10.1 Å². The van der Waals surface area contributed by atoms with Crippen molar-refractivity contribution in [3.63, 3.8) is 0 Å². The normalized spacial score (nSPS) is 10.5. The lowest BCUT2D eigenvalue weighted by Gasteiger charge is -1.96. The smallest absolute Gasteiger partial charge is 0.286 e. The maximum atomic E-state index is 10.3. The van der Waals surface area contributed by atoms with Crippen LogP contribution in [0.1, 0.15) is 5.56 Å². The average Bonchev–Trinajstić information content (AvgIpc) is 2.15. The Kier molecular flexibility index (Phi) is 3.78. The molecule has 6 nitrogen and oxygen atoms in total. The van der Waals surface area contributed by atoms with Gasteiger partial charge in [-0.1, -0.05) is 0 Å². The highest BCUT2D eigenvalue weighted by molar-refractivity contribution is 5.32. The van der Waals surface area contributed by atoms with Crippen molar-refractivity contribution in [1.29, 1.82) is 0 Å². The molecule has 0 amide bonds. The second-order valence-electron chi connectivity index (χ2n) is 2.37. The average molecular weight is 220 g/mol. The maximum absolute atomic E-state index is 10.3. The van der Waals surface area contributed by atoms with E-state index in [0.29, 0.717) is 5.56 Å². The summed E-state index contributed by atoms with van der Waals surface area (Å²) in [6.07, 6.45) is 0. The van der Waals surface area contributed by atoms with Crippen molar-refractivity contribution in [3.05, 3.63) is 39.9 Å². The van der Waals surface area contributed by atoms with Gasteiger partial charge in [0.2, 0.25) is 0 Å². The van der Waals surface area contributed by atoms with Crippen LogP contribution in [0.3, 0.4) is 0 Å². The molecule has 0 bridgehead atoms. The van der Waals surface area contributed by atoms with Gasteiger partial charge in [-0.15, -0.1) is 0 Å². The zero-order valence-corrected chi connectivity index (χ0v) is 7.64. The monoisotopic (exact) mass is 219 g/mol. The Morgan fingerprint density at radius 1 is 1.29 bits per heavy atom. The van der Waals surface area contributed by atoms with Crippen molar-refractivity contribution in [3.8, 4) is 0 Å². The standard InChI is InChI=1S/C7H6ClNO5/c10-8(11)14-5-6-1-3-7(4-2-6)9(12)13/h1-4H,5H2. The van der Waals surface area contributed by atoms with Crippen molar-refractivity contribution < 1.29 is 29.3 Å². The van der Waals surface area contributed by atoms with Crippen LogP contribution >= 0.6 is 0 Å². The van der Waals surface area contributed by atoms with Crippen LogP contribution < -0.4 is 9.32 Å². The summed E-state index contributed by atoms with van der Waals surface area (Å²) >= 11 is 0. The second kappa shape index (κ2) is 4.87. The number of nitro benzene ring substituents is 1. The van der Waals surface area contributed by atoms with E-state index >= 15 is 0 Å². The summed E-state index contributed by atoms with van der Waals surface area (Å²) in [6.45, 7) is -0.133. The molecular formula is C7H6ClNO5. The summed E-state index contributed by atoms with van der Waals surface area (Å²) in [7, 11) is -2.25. The molecule has 0 radical (unpaired) electrons. The van der Waals surface area contributed by atoms with Crippen LogP contribution in [0, 0.1) is 20.9 Å². The fourth-order valence-corrected chi connectivity index (χ4v) is 1.04. The first-order valence-electron chi connectivity index (χ1n) is 3.52. The molecule has 0 aliphatic carbocycles. The van der Waals surface area contributed by atoms with Crippen molar-refractivity contribution in [2.75, 3.05) is 0 Å². The van der Waals surface area contributed by atoms with Gasteiger partial charge in [0.15, 0.2) is 6.61 Å². The summed E-state index contributed by atoms with van der Waals surface area (Å²) in [5, 5.41) is 10.3. The zero-order valence-electron chi connectivity index (χ0n) is 6.88. The first-order chi connectivity index (χ1) is 6.59. The molecular weight excluding hydrogens is 214 g/mol. The molecule has 0 N–H and O–H groups in total. The quantitative estimate of drug-likeness (QED) is 0.488. The third-order valence-electron chi connectivity index (χ3n) is 1.46. The second-order valence-corrected chi connectivity index (χ2v) is 2.96. The summed E-state index contributed by atoms with van der Waals surface area (Å²) in [4.78, 5) is 9.72. The largest absolute Gasteiger partial charge is 0.320 e. The fraction of sp³-hybridized carbons (Fsp3) is 0.143. The van der Waals surface area contributed by atoms with Crippen LogP contribution in [-0.4, -0.2) is 4.92 Å². The topological polar surface area (TPSA) is 98.5 Å². The molecule has 7 heteroatoms. The number of nitro groups is 1. The Bertz CT molecular complexity index is 312. The highest BCUT2D eigenvalue weighted by Gasteiger charge is 2.09. The van der Waals surface area contributed by atoms with E-state index in [1.54, 1.807) is 0 Å². The van der Waals surface area contributed by atoms with E-state index in [9.17, 15) is 19.4 Å². The number of benzene rings is 1. The number of halogens is 1. The van der Waals surface area contributed by atoms with Gasteiger partial charge in [0, 0.05) is 16.4 Å². The van der Waals surface area contributed by atoms with Gasteiger partial charge in [0.1, 0.15) is 0 Å². The van der Waals surface area contributed by atoms with Gasteiger partial charge in [-0.05, 0) is 17.7 Å². The molecule has 0 unspecified atom stereocenters. The Morgan fingerprint density at radius 3 is 2.29 bits per heavy atom. The van der Waals surface area contributed by atoms with E-state index < -0.39 is 15.7 Å². The molecule has 0 saturated carbocycles. The molecule has 0 atom stereocenters. The molecule has 0 spiro atoms. The van der Waals surface area contributed by atoms with Gasteiger partial charge in [-0.2, -0.15) is 0 Å². The van der Waals surface area contributed by atoms with Gasteiger partial charge in [-0.25, -0.2) is 0 Å². The van der Waals surface area contributed by atoms with Crippen LogP contribution in [0.15, 0.2) is 24.3 Å². The number of hydrogen-bond donors (Lipinski definition) is 0. The Labute approximate surface area is 82.3 Å². The van der Waals surface area contributed by atoms with Gasteiger partial charge < -0.3 is 9.32 Å². The van der Waals surface area contributed by atoms with Crippen LogP contribution in [0.5, 0.6) is 0 Å². The van der Waals surface area contributed by atoms with Gasteiger partial charge in [0.25, 0.3) is 16.5 Å². The first kappa shape index (κ1) is 10.9. The van der Waals surface area contributed by atoms with E-state index in [2.05, 4.69) is 4.29 Å². The highest BCUT2D eigenvalue weighted by atomic mass is 35.6. The predicted octanol–water partition coefficient (Wildman–Crippen LogP) is -0.802. The van der Waals surface area contributed by atoms with E-state index in [-0.39, 0.29) is 12.3 Å². The Hall–Kier alpha value is -1.21. The summed E-state index contributed by atoms with van der Waals surface area (Å²) < 4.78 is 24.2. The highest BCUT2D eigenvalue weighted by Crippen LogP contribution is 2.12. The number of nitrogens with zero attached hydrogens (tertiary/aromatic N) is 1. The summed E-state index contributed by atoms with van der Waals surface area (Å²) in [6, 6.07) is 5.42. The number of non-ortho nitro benzene ring substituents is 1. The van der Waals surface area contributed by atoms with Crippen LogP contribution in [0.2, 0.25) is 0 Å². The maximum Gasteiger partial charge on any atom is 0.286 e. The summed E-state index contributed by atoms with van der Waals surface area (Å²) in [5.74, 6) is 0. The SMILES string of the molecule is O=[N+]([O-])c1ccc(CO[Cl+2]([O-])[O-])cc1. The minimum absolute atomic E-state index is 0.0475. The number of rotatable bonds is 4. The molecule has 1 aromatic rings. The zero-order chi connectivity index (χ0) is 10.6. The molecule has 0 fully saturated rings. The molecule has 14 heavy (non-hydrogen) atoms. The minimum Gasteiger partial charge on any atom is -0.320 e. The minimum atomic E-state index is -2.25. The Balaban J connectivity index is 2.60. The third-order valence-corrected chi connectivity index (χ3v) is 1.74. The summed E-state index contributed by atoms with van der Waals surface area (Å²) in [5.41, 5.74) is 0.499. The molecule has 0 saturated heterocycles. The molecule has 0 aromatic heterocycles. The third kappa shape index (κ3) is 3.27. The molecule has 0 heterocycles. The number of hydrogen-bond acceptors (Lipinski definition) is 5. The van der Waals surface area contributed by atoms with Crippen molar-refractivity contribution in [1.82, 2.24) is 0 Å². The lowest BCUT2D eigenvalue weighted by Crippen LogP contribution is -2.33. The van der Waals surface area contributed by atoms with E-state index in [1.165, 1.54) is 24.3 Å². The van der Waals surface area contributed by atoms with Gasteiger partial charge >= 0.3 is 0 Å². The van der Waals surface area contributed by atoms with Crippen LogP contribution in [-0.2, 0) is 10.9 Å². The van der Waals surface area contributed by atoms with E-state index in [0.717, 1.165) is 0 Å². The fourth-order valence-electron chi connectivity index (χ4n) is 0.821. The van der Waals surface area contributed by atoms with Crippen molar-refractivity contribution in [2.45, 2.75) is 6.61 Å². The van der Waals surface area contributed by atoms with Gasteiger partial charge in [0.05, 0.1) is 4.92 Å². The Morgan fingerprint density at radius 2 is 1.86 bits per heavy atom. The molecule has 1 aromatic carbocycles. The lowest BCUT2D eigenvalue weighted by molar-refractivity contribution is -1.63. The molecule has 0 aliphatic rings. The molecule has 1 rings (SSSR count). The van der Waals surface area contributed by atoms with E-state index in [4.69, 9.17) is 0 Å². The van der Waals surface area contributed by atoms with E-state index in [1.807, 2.05) is 0 Å². The lowest BCUT2D eigenvalue weighted by atomic mass is 10.2. The molecule has 0 aliphatic heterocycles. The van der Waals surface area contributed by atoms with Crippen LogP contribution in [0.4, 0.5) is 5.69 Å². The van der Waals surface area contributed by atoms with Crippen molar-refractivity contribution in [2.24, 2.45) is 0 Å².